The fourth-order valence-corrected chi connectivity index (χ4v) is 4.11. The summed E-state index contributed by atoms with van der Waals surface area (Å²) in [7, 11) is 0. The van der Waals surface area contributed by atoms with Crippen LogP contribution in [0.3, 0.4) is 0 Å². The first-order valence-corrected chi connectivity index (χ1v) is 10.2. The van der Waals surface area contributed by atoms with Crippen LogP contribution >= 0.6 is 0 Å². The topological polar surface area (TPSA) is 59.8 Å². The van der Waals surface area contributed by atoms with Crippen molar-refractivity contribution in [2.75, 3.05) is 0 Å². The smallest absolute Gasteiger partial charge is 0.255 e. The maximum absolute atomic E-state index is 13.4. The molecule has 1 aliphatic carbocycles. The van der Waals surface area contributed by atoms with Crippen LogP contribution in [0.5, 0.6) is 0 Å². The Labute approximate surface area is 175 Å². The van der Waals surface area contributed by atoms with Crippen LogP contribution in [0, 0.1) is 0 Å². The van der Waals surface area contributed by atoms with E-state index >= 15 is 0 Å². The third kappa shape index (κ3) is 3.50. The lowest BCUT2D eigenvalue weighted by Crippen LogP contribution is -2.31. The van der Waals surface area contributed by atoms with Crippen molar-refractivity contribution in [3.05, 3.63) is 102 Å². The third-order valence-electron chi connectivity index (χ3n) is 5.59. The molecule has 1 N–H and O–H groups in total. The van der Waals surface area contributed by atoms with Crippen LogP contribution in [0.2, 0.25) is 0 Å². The fourth-order valence-electron chi connectivity index (χ4n) is 4.11. The van der Waals surface area contributed by atoms with E-state index in [4.69, 9.17) is 5.10 Å². The van der Waals surface area contributed by atoms with Gasteiger partial charge >= 0.3 is 0 Å². The molecule has 1 unspecified atom stereocenters. The van der Waals surface area contributed by atoms with Crippen LogP contribution in [0.25, 0.3) is 16.9 Å². The van der Waals surface area contributed by atoms with Gasteiger partial charge in [0.05, 0.1) is 17.3 Å². The summed E-state index contributed by atoms with van der Waals surface area (Å²) >= 11 is 0. The highest BCUT2D eigenvalue weighted by Crippen LogP contribution is 2.30. The van der Waals surface area contributed by atoms with Crippen molar-refractivity contribution in [1.29, 1.82) is 0 Å². The monoisotopic (exact) mass is 394 g/mol. The van der Waals surface area contributed by atoms with Gasteiger partial charge in [-0.25, -0.2) is 4.68 Å². The molecule has 1 amide bonds. The quantitative estimate of drug-likeness (QED) is 0.544. The van der Waals surface area contributed by atoms with E-state index < -0.39 is 0 Å². The summed E-state index contributed by atoms with van der Waals surface area (Å²) in [5.74, 6) is -0.113. The fraction of sp³-hybridized carbons (Fsp3) is 0.160. The highest BCUT2D eigenvalue weighted by Gasteiger charge is 2.25. The minimum atomic E-state index is -0.113. The van der Waals surface area contributed by atoms with Crippen molar-refractivity contribution in [2.24, 2.45) is 0 Å². The van der Waals surface area contributed by atoms with Crippen LogP contribution in [-0.2, 0) is 6.42 Å². The van der Waals surface area contributed by atoms with Gasteiger partial charge in [-0.05, 0) is 54.7 Å². The molecule has 148 valence electrons. The number of fused-ring (bicyclic) bond motifs is 1. The van der Waals surface area contributed by atoms with Gasteiger partial charge in [0.15, 0.2) is 0 Å². The summed E-state index contributed by atoms with van der Waals surface area (Å²) in [6.07, 6.45) is 8.34. The van der Waals surface area contributed by atoms with Gasteiger partial charge in [-0.2, -0.15) is 5.10 Å². The van der Waals surface area contributed by atoms with Gasteiger partial charge in [-0.1, -0.05) is 42.5 Å². The number of rotatable bonds is 4. The number of para-hydroxylation sites is 1. The Morgan fingerprint density at radius 2 is 1.83 bits per heavy atom. The maximum atomic E-state index is 13.4. The molecule has 0 saturated heterocycles. The van der Waals surface area contributed by atoms with Crippen LogP contribution < -0.4 is 5.32 Å². The minimum Gasteiger partial charge on any atom is -0.345 e. The molecular weight excluding hydrogens is 372 g/mol. The zero-order valence-corrected chi connectivity index (χ0v) is 16.5. The average Bonchev–Trinajstić information content (AvgIpc) is 3.26. The number of hydrogen-bond acceptors (Lipinski definition) is 3. The summed E-state index contributed by atoms with van der Waals surface area (Å²) in [5.41, 5.74) is 5.45. The van der Waals surface area contributed by atoms with E-state index in [2.05, 4.69) is 28.5 Å². The van der Waals surface area contributed by atoms with Crippen LogP contribution in [0.15, 0.2) is 85.3 Å². The number of nitrogens with one attached hydrogen (secondary N) is 1. The zero-order chi connectivity index (χ0) is 20.3. The van der Waals surface area contributed by atoms with Gasteiger partial charge < -0.3 is 5.32 Å². The molecule has 1 aliphatic rings. The number of aryl methyl sites for hydroxylation is 1. The van der Waals surface area contributed by atoms with Crippen LogP contribution in [0.1, 0.15) is 40.4 Å². The number of pyridine rings is 1. The van der Waals surface area contributed by atoms with Crippen molar-refractivity contribution < 1.29 is 4.79 Å². The molecule has 0 saturated carbocycles. The van der Waals surface area contributed by atoms with Crippen molar-refractivity contribution in [1.82, 2.24) is 20.1 Å². The molecule has 5 rings (SSSR count). The average molecular weight is 394 g/mol. The lowest BCUT2D eigenvalue weighted by atomic mass is 9.87. The van der Waals surface area contributed by atoms with E-state index in [0.717, 1.165) is 30.5 Å². The van der Waals surface area contributed by atoms with Gasteiger partial charge in [0.25, 0.3) is 5.91 Å². The first kappa shape index (κ1) is 18.3. The number of carbonyl (C=O) groups excluding carboxylic acids is 1. The molecule has 5 nitrogen and oxygen atoms in total. The Hall–Kier alpha value is -3.73. The van der Waals surface area contributed by atoms with Gasteiger partial charge in [-0.3, -0.25) is 9.78 Å². The van der Waals surface area contributed by atoms with Gasteiger partial charge in [0.2, 0.25) is 0 Å². The highest BCUT2D eigenvalue weighted by atomic mass is 16.1. The lowest BCUT2D eigenvalue weighted by Gasteiger charge is -2.26. The summed E-state index contributed by atoms with van der Waals surface area (Å²) < 4.78 is 1.76. The zero-order valence-electron chi connectivity index (χ0n) is 16.5. The number of nitrogens with zero attached hydrogens (tertiary/aromatic N) is 3. The second kappa shape index (κ2) is 7.95. The second-order valence-electron chi connectivity index (χ2n) is 7.53. The van der Waals surface area contributed by atoms with Gasteiger partial charge in [0, 0.05) is 24.2 Å². The molecule has 0 bridgehead atoms. The van der Waals surface area contributed by atoms with Gasteiger partial charge in [0.1, 0.15) is 5.69 Å². The van der Waals surface area contributed by atoms with E-state index in [0.29, 0.717) is 11.3 Å². The molecule has 5 heteroatoms. The van der Waals surface area contributed by atoms with Crippen LogP contribution in [-0.4, -0.2) is 20.7 Å². The number of benzene rings is 2. The van der Waals surface area contributed by atoms with Gasteiger partial charge in [-0.15, -0.1) is 0 Å². The number of hydrogen-bond donors (Lipinski definition) is 1. The Bertz CT molecular complexity index is 1170. The lowest BCUT2D eigenvalue weighted by molar-refractivity contribution is 0.0933. The standard InChI is InChI=1S/C25H22N4O/c30-25(27-23-14-6-9-18-8-4-5-13-21(18)23)22-17-29(20-11-2-1-3-12-20)28-24(22)19-10-7-15-26-16-19/h1-5,7-8,10-13,15-17,23H,6,9,14H2,(H,27,30). The summed E-state index contributed by atoms with van der Waals surface area (Å²) in [4.78, 5) is 17.6. The third-order valence-corrected chi connectivity index (χ3v) is 5.59. The van der Waals surface area contributed by atoms with Crippen molar-refractivity contribution >= 4 is 5.91 Å². The van der Waals surface area contributed by atoms with Crippen molar-refractivity contribution in [3.8, 4) is 16.9 Å². The Balaban J connectivity index is 1.52. The Kier molecular flexibility index (Phi) is 4.85. The molecule has 1 atom stereocenters. The summed E-state index contributed by atoms with van der Waals surface area (Å²) in [5, 5.41) is 7.98. The summed E-state index contributed by atoms with van der Waals surface area (Å²) in [6.45, 7) is 0. The van der Waals surface area contributed by atoms with Crippen LogP contribution in [0.4, 0.5) is 0 Å². The molecule has 0 radical (unpaired) electrons. The minimum absolute atomic E-state index is 0.0178. The number of aromatic nitrogens is 3. The molecule has 2 aromatic heterocycles. The predicted octanol–water partition coefficient (Wildman–Crippen LogP) is 4.74. The number of carbonyl (C=O) groups is 1. The molecule has 0 aliphatic heterocycles. The van der Waals surface area contributed by atoms with Crippen molar-refractivity contribution in [3.63, 3.8) is 0 Å². The second-order valence-corrected chi connectivity index (χ2v) is 7.53. The SMILES string of the molecule is O=C(NC1CCCc2ccccc21)c1cn(-c2ccccc2)nc1-c1cccnc1. The van der Waals surface area contributed by atoms with E-state index in [-0.39, 0.29) is 11.9 Å². The molecule has 30 heavy (non-hydrogen) atoms. The normalized spacial score (nSPS) is 15.4. The van der Waals surface area contributed by atoms with E-state index in [1.807, 2.05) is 54.7 Å². The maximum Gasteiger partial charge on any atom is 0.255 e. The molecule has 0 fully saturated rings. The van der Waals surface area contributed by atoms with E-state index in [9.17, 15) is 4.79 Å². The van der Waals surface area contributed by atoms with Crippen molar-refractivity contribution in [2.45, 2.75) is 25.3 Å². The first-order chi connectivity index (χ1) is 14.8. The van der Waals surface area contributed by atoms with E-state index in [1.165, 1.54) is 11.1 Å². The molecule has 4 aromatic rings. The Morgan fingerprint density at radius 1 is 1.00 bits per heavy atom. The highest BCUT2D eigenvalue weighted by molar-refractivity contribution is 6.00. The van der Waals surface area contributed by atoms with E-state index in [1.54, 1.807) is 17.1 Å². The Morgan fingerprint density at radius 3 is 2.67 bits per heavy atom. The molecular formula is C25H22N4O. The molecule has 2 aromatic carbocycles. The summed E-state index contributed by atoms with van der Waals surface area (Å²) in [6, 6.07) is 22.0. The first-order valence-electron chi connectivity index (χ1n) is 10.2. The predicted molar refractivity (Wildman–Crippen MR) is 116 cm³/mol. The number of amides is 1. The molecule has 0 spiro atoms. The largest absolute Gasteiger partial charge is 0.345 e. The molecule has 2 heterocycles.